The summed E-state index contributed by atoms with van der Waals surface area (Å²) in [7, 11) is 0. The van der Waals surface area contributed by atoms with E-state index in [1.54, 1.807) is 0 Å². The number of hydrogen-bond acceptors (Lipinski definition) is 2. The zero-order valence-corrected chi connectivity index (χ0v) is 33.8. The molecule has 0 saturated heterocycles. The highest BCUT2D eigenvalue weighted by Gasteiger charge is 2.24. The van der Waals surface area contributed by atoms with Crippen LogP contribution in [-0.2, 0) is 0 Å². The zero-order valence-electron chi connectivity index (χ0n) is 33.8. The van der Waals surface area contributed by atoms with Crippen molar-refractivity contribution in [2.24, 2.45) is 0 Å². The molecule has 0 atom stereocenters. The average Bonchev–Trinajstić information content (AvgIpc) is 4.01. The number of para-hydroxylation sites is 1. The molecular formula is C60H33NO2. The van der Waals surface area contributed by atoms with Crippen LogP contribution < -0.4 is 0 Å². The van der Waals surface area contributed by atoms with Crippen molar-refractivity contribution in [1.29, 1.82) is 0 Å². The molecule has 0 aliphatic heterocycles. The van der Waals surface area contributed by atoms with E-state index in [1.807, 2.05) is 0 Å². The van der Waals surface area contributed by atoms with Gasteiger partial charge in [-0.25, -0.2) is 0 Å². The van der Waals surface area contributed by atoms with Gasteiger partial charge < -0.3 is 13.4 Å². The molecule has 0 amide bonds. The summed E-state index contributed by atoms with van der Waals surface area (Å²) in [4.78, 5) is 0. The molecule has 0 unspecified atom stereocenters. The summed E-state index contributed by atoms with van der Waals surface area (Å²) in [6, 6.07) is 73.1. The fourth-order valence-electron chi connectivity index (χ4n) is 11.0. The van der Waals surface area contributed by atoms with E-state index in [1.165, 1.54) is 64.6 Å². The lowest BCUT2D eigenvalue weighted by molar-refractivity contribution is 0.670. The highest BCUT2D eigenvalue weighted by Crippen LogP contribution is 2.48. The Bertz CT molecular complexity index is 4170. The molecule has 15 rings (SSSR count). The van der Waals surface area contributed by atoms with E-state index in [4.69, 9.17) is 8.83 Å². The number of hydrogen-bond donors (Lipinski definition) is 0. The lowest BCUT2D eigenvalue weighted by atomic mass is 9.92. The number of benzene rings is 12. The van der Waals surface area contributed by atoms with Crippen LogP contribution in [-0.4, -0.2) is 4.57 Å². The van der Waals surface area contributed by atoms with Gasteiger partial charge in [0.25, 0.3) is 0 Å². The van der Waals surface area contributed by atoms with Crippen LogP contribution in [0.15, 0.2) is 209 Å². The Morgan fingerprint density at radius 3 is 1.17 bits per heavy atom. The Morgan fingerprint density at radius 1 is 0.286 bits per heavy atom. The van der Waals surface area contributed by atoms with Gasteiger partial charge in [-0.3, -0.25) is 0 Å². The third-order valence-electron chi connectivity index (χ3n) is 13.8. The van der Waals surface area contributed by atoms with Crippen molar-refractivity contribution < 1.29 is 8.83 Å². The Balaban J connectivity index is 1.04. The highest BCUT2D eigenvalue weighted by molar-refractivity contribution is 6.29. The summed E-state index contributed by atoms with van der Waals surface area (Å²) in [6.45, 7) is 0. The largest absolute Gasteiger partial charge is 0.455 e. The molecule has 0 bridgehead atoms. The molecule has 290 valence electrons. The molecule has 0 saturated carbocycles. The van der Waals surface area contributed by atoms with E-state index in [2.05, 4.69) is 205 Å². The van der Waals surface area contributed by atoms with Crippen molar-refractivity contribution in [2.75, 3.05) is 0 Å². The molecule has 15 aromatic rings. The molecule has 0 N–H and O–H groups in total. The first kappa shape index (κ1) is 33.3. The summed E-state index contributed by atoms with van der Waals surface area (Å²) >= 11 is 0. The molecule has 0 spiro atoms. The third-order valence-corrected chi connectivity index (χ3v) is 13.8. The molecule has 3 heterocycles. The van der Waals surface area contributed by atoms with Crippen LogP contribution in [0.25, 0.3) is 147 Å². The first-order valence-electron chi connectivity index (χ1n) is 21.6. The van der Waals surface area contributed by atoms with Gasteiger partial charge in [-0.2, -0.15) is 0 Å². The van der Waals surface area contributed by atoms with Crippen molar-refractivity contribution in [1.82, 2.24) is 4.57 Å². The van der Waals surface area contributed by atoms with E-state index in [-0.39, 0.29) is 0 Å². The summed E-state index contributed by atoms with van der Waals surface area (Å²) in [5, 5.41) is 19.0. The number of fused-ring (bicyclic) bond motifs is 12. The summed E-state index contributed by atoms with van der Waals surface area (Å²) in [6.07, 6.45) is 0. The SMILES string of the molecule is c1ccc(-n2c3cc(-c4cc5ccccc5c5c4oc4cc6ccccc6cc45)cc4ccc5cc(-c6cc7ccccc7c7c6oc6cc8ccccc8cc67)cc2c5c43)cc1. The molecular weight excluding hydrogens is 767 g/mol. The van der Waals surface area contributed by atoms with Gasteiger partial charge in [-0.15, -0.1) is 0 Å². The van der Waals surface area contributed by atoms with Gasteiger partial charge in [0.05, 0.1) is 11.0 Å². The van der Waals surface area contributed by atoms with E-state index in [0.29, 0.717) is 0 Å². The molecule has 0 aliphatic carbocycles. The van der Waals surface area contributed by atoms with Gasteiger partial charge in [-0.1, -0.05) is 127 Å². The van der Waals surface area contributed by atoms with Crippen LogP contribution in [0.1, 0.15) is 0 Å². The molecule has 0 radical (unpaired) electrons. The Hall–Kier alpha value is -8.40. The summed E-state index contributed by atoms with van der Waals surface area (Å²) in [5.41, 5.74) is 11.5. The Labute approximate surface area is 359 Å². The average molecular weight is 800 g/mol. The maximum Gasteiger partial charge on any atom is 0.143 e. The predicted molar refractivity (Wildman–Crippen MR) is 265 cm³/mol. The van der Waals surface area contributed by atoms with Gasteiger partial charge in [0.2, 0.25) is 0 Å². The Kier molecular flexibility index (Phi) is 6.41. The van der Waals surface area contributed by atoms with Crippen molar-refractivity contribution >= 4 is 120 Å². The van der Waals surface area contributed by atoms with E-state index in [0.717, 1.165) is 82.9 Å². The van der Waals surface area contributed by atoms with Crippen LogP contribution in [0.3, 0.4) is 0 Å². The molecule has 63 heavy (non-hydrogen) atoms. The summed E-state index contributed by atoms with van der Waals surface area (Å²) < 4.78 is 16.4. The van der Waals surface area contributed by atoms with Crippen LogP contribution >= 0.6 is 0 Å². The quantitative estimate of drug-likeness (QED) is 0.167. The maximum atomic E-state index is 6.97. The van der Waals surface area contributed by atoms with Crippen molar-refractivity contribution in [3.05, 3.63) is 200 Å². The number of aromatic nitrogens is 1. The molecule has 0 fully saturated rings. The lowest BCUT2D eigenvalue weighted by Crippen LogP contribution is -1.94. The summed E-state index contributed by atoms with van der Waals surface area (Å²) in [5.74, 6) is 0. The van der Waals surface area contributed by atoms with Crippen molar-refractivity contribution in [3.63, 3.8) is 0 Å². The van der Waals surface area contributed by atoms with Gasteiger partial charge in [0, 0.05) is 49.1 Å². The molecule has 0 aliphatic rings. The maximum absolute atomic E-state index is 6.97. The normalized spacial score (nSPS) is 12.4. The number of nitrogens with zero attached hydrogens (tertiary/aromatic N) is 1. The van der Waals surface area contributed by atoms with Crippen molar-refractivity contribution in [3.8, 4) is 27.9 Å². The fourth-order valence-corrected chi connectivity index (χ4v) is 11.0. The molecule has 12 aromatic carbocycles. The van der Waals surface area contributed by atoms with Crippen LogP contribution in [0, 0.1) is 0 Å². The third kappa shape index (κ3) is 4.58. The van der Waals surface area contributed by atoms with Crippen LogP contribution in [0.4, 0.5) is 0 Å². The monoisotopic (exact) mass is 799 g/mol. The number of furan rings is 2. The van der Waals surface area contributed by atoms with Crippen molar-refractivity contribution in [2.45, 2.75) is 0 Å². The minimum Gasteiger partial charge on any atom is -0.455 e. The molecule has 3 aromatic heterocycles. The minimum absolute atomic E-state index is 0.903. The van der Waals surface area contributed by atoms with E-state index >= 15 is 0 Å². The van der Waals surface area contributed by atoms with Gasteiger partial charge in [0.1, 0.15) is 22.3 Å². The first-order valence-corrected chi connectivity index (χ1v) is 21.6. The lowest BCUT2D eigenvalue weighted by Gasteiger charge is -2.11. The minimum atomic E-state index is 0.903. The Morgan fingerprint density at radius 2 is 0.698 bits per heavy atom. The van der Waals surface area contributed by atoms with E-state index in [9.17, 15) is 0 Å². The van der Waals surface area contributed by atoms with Gasteiger partial charge in [-0.05, 0) is 138 Å². The number of rotatable bonds is 3. The fraction of sp³-hybridized carbons (Fsp3) is 0. The predicted octanol–water partition coefficient (Wildman–Crippen LogP) is 17.1. The van der Waals surface area contributed by atoms with E-state index < -0.39 is 0 Å². The second kappa shape index (κ2) is 12.1. The topological polar surface area (TPSA) is 31.2 Å². The highest BCUT2D eigenvalue weighted by atomic mass is 16.3. The first-order chi connectivity index (χ1) is 31.2. The van der Waals surface area contributed by atoms with Crippen LogP contribution in [0.2, 0.25) is 0 Å². The molecule has 3 heteroatoms. The molecule has 3 nitrogen and oxygen atoms in total. The van der Waals surface area contributed by atoms with Gasteiger partial charge in [0.15, 0.2) is 0 Å². The second-order valence-corrected chi connectivity index (χ2v) is 17.2. The smallest absolute Gasteiger partial charge is 0.143 e. The van der Waals surface area contributed by atoms with Gasteiger partial charge >= 0.3 is 0 Å². The second-order valence-electron chi connectivity index (χ2n) is 17.2. The zero-order chi connectivity index (χ0) is 40.9. The van der Waals surface area contributed by atoms with Crippen LogP contribution in [0.5, 0.6) is 0 Å². The standard InChI is InChI=1S/C60H33NO2/c1-2-18-44(19-3-1)61-51-30-42(47-28-38-16-8-10-20-45(38)57-49-26-34-12-4-6-14-36(34)32-53(49)62-59(47)57)24-40-22-23-41-25-43(31-52(61)56(41)55(40)51)48-29-39-17-9-11-21-46(39)58-50-27-35-13-5-7-15-37(35)33-54(50)63-60(48)58/h1-33H.